The Morgan fingerprint density at radius 1 is 1.23 bits per heavy atom. The van der Waals surface area contributed by atoms with Gasteiger partial charge in [-0.15, -0.1) is 0 Å². The van der Waals surface area contributed by atoms with Crippen LogP contribution in [0.1, 0.15) is 16.7 Å². The van der Waals surface area contributed by atoms with E-state index in [-0.39, 0.29) is 17.6 Å². The smallest absolute Gasteiger partial charge is 0.322 e. The van der Waals surface area contributed by atoms with E-state index in [4.69, 9.17) is 0 Å². The molecule has 0 atom stereocenters. The molecule has 0 fully saturated rings. The number of anilines is 1. The van der Waals surface area contributed by atoms with Crippen molar-refractivity contribution in [3.63, 3.8) is 0 Å². The number of rotatable bonds is 1. The van der Waals surface area contributed by atoms with Crippen LogP contribution in [0.5, 0.6) is 5.75 Å². The van der Waals surface area contributed by atoms with Crippen LogP contribution in [0.4, 0.5) is 14.9 Å². The fourth-order valence-corrected chi connectivity index (χ4v) is 2.59. The van der Waals surface area contributed by atoms with Crippen molar-refractivity contribution in [2.45, 2.75) is 19.9 Å². The maximum absolute atomic E-state index is 13.5. The lowest BCUT2D eigenvalue weighted by atomic mass is 10.00. The number of hydrogen-bond donors (Lipinski definition) is 2. The van der Waals surface area contributed by atoms with Crippen molar-refractivity contribution in [3.8, 4) is 5.75 Å². The molecule has 1 heterocycles. The van der Waals surface area contributed by atoms with E-state index in [1.807, 2.05) is 6.07 Å². The van der Waals surface area contributed by atoms with Gasteiger partial charge in [0.15, 0.2) is 0 Å². The molecule has 114 valence electrons. The van der Waals surface area contributed by atoms with Crippen molar-refractivity contribution in [2.24, 2.45) is 0 Å². The number of carbonyl (C=O) groups excluding carboxylic acids is 1. The summed E-state index contributed by atoms with van der Waals surface area (Å²) in [6.45, 7) is 2.71. The minimum atomic E-state index is -0.341. The van der Waals surface area contributed by atoms with Gasteiger partial charge >= 0.3 is 6.03 Å². The Hall–Kier alpha value is -2.56. The molecule has 0 radical (unpaired) electrons. The zero-order valence-corrected chi connectivity index (χ0v) is 12.3. The first-order chi connectivity index (χ1) is 10.5. The zero-order chi connectivity index (χ0) is 15.7. The second-order valence-electron chi connectivity index (χ2n) is 5.52. The second kappa shape index (κ2) is 5.67. The molecule has 0 spiro atoms. The Kier molecular flexibility index (Phi) is 3.71. The predicted octanol–water partition coefficient (Wildman–Crippen LogP) is 3.43. The van der Waals surface area contributed by atoms with Gasteiger partial charge in [0.05, 0.1) is 0 Å². The summed E-state index contributed by atoms with van der Waals surface area (Å²) in [5, 5.41) is 12.3. The largest absolute Gasteiger partial charge is 0.508 e. The number of hydrogen-bond acceptors (Lipinski definition) is 2. The SMILES string of the molecule is Cc1ccc(NC(=O)N2CCc3ccc(O)cc3C2)cc1F. The number of carbonyl (C=O) groups is 1. The number of aromatic hydroxyl groups is 1. The van der Waals surface area contributed by atoms with Crippen LogP contribution in [-0.2, 0) is 13.0 Å². The molecular formula is C17H17FN2O2. The van der Waals surface area contributed by atoms with Crippen LogP contribution in [0.25, 0.3) is 0 Å². The standard InChI is InChI=1S/C17H17FN2O2/c1-11-2-4-14(9-16(11)18)19-17(22)20-7-6-12-3-5-15(21)8-13(12)10-20/h2-5,8-9,21H,6-7,10H2,1H3,(H,19,22). The maximum atomic E-state index is 13.5. The number of halogens is 1. The number of aryl methyl sites for hydroxylation is 1. The Morgan fingerprint density at radius 2 is 2.05 bits per heavy atom. The monoisotopic (exact) mass is 300 g/mol. The van der Waals surface area contributed by atoms with Gasteiger partial charge in [-0.1, -0.05) is 12.1 Å². The molecule has 2 N–H and O–H groups in total. The summed E-state index contributed by atoms with van der Waals surface area (Å²) >= 11 is 0. The van der Waals surface area contributed by atoms with Crippen LogP contribution in [0, 0.1) is 12.7 Å². The molecule has 0 bridgehead atoms. The third-order valence-corrected chi connectivity index (χ3v) is 3.91. The minimum Gasteiger partial charge on any atom is -0.508 e. The molecule has 2 aromatic carbocycles. The molecule has 1 aliphatic rings. The highest BCUT2D eigenvalue weighted by Crippen LogP contribution is 2.24. The number of amides is 2. The summed E-state index contributed by atoms with van der Waals surface area (Å²) in [6, 6.07) is 9.59. The van der Waals surface area contributed by atoms with Gasteiger partial charge in [0.1, 0.15) is 11.6 Å². The van der Waals surface area contributed by atoms with Crippen LogP contribution in [0.2, 0.25) is 0 Å². The lowest BCUT2D eigenvalue weighted by Gasteiger charge is -2.29. The molecule has 0 unspecified atom stereocenters. The van der Waals surface area contributed by atoms with Gasteiger partial charge in [-0.2, -0.15) is 0 Å². The first-order valence-electron chi connectivity index (χ1n) is 7.16. The van der Waals surface area contributed by atoms with E-state index in [1.54, 1.807) is 36.1 Å². The molecule has 1 aliphatic heterocycles. The Bertz CT molecular complexity index is 731. The number of nitrogens with zero attached hydrogens (tertiary/aromatic N) is 1. The number of fused-ring (bicyclic) bond motifs is 1. The molecule has 3 rings (SSSR count). The summed E-state index contributed by atoms with van der Waals surface area (Å²) < 4.78 is 13.5. The lowest BCUT2D eigenvalue weighted by molar-refractivity contribution is 0.206. The van der Waals surface area contributed by atoms with Crippen molar-refractivity contribution in [3.05, 3.63) is 58.9 Å². The average molecular weight is 300 g/mol. The number of urea groups is 1. The number of nitrogens with one attached hydrogen (secondary N) is 1. The summed E-state index contributed by atoms with van der Waals surface area (Å²) in [7, 11) is 0. The predicted molar refractivity (Wildman–Crippen MR) is 82.4 cm³/mol. The Balaban J connectivity index is 1.72. The van der Waals surface area contributed by atoms with Crippen molar-refractivity contribution < 1.29 is 14.3 Å². The van der Waals surface area contributed by atoms with Crippen molar-refractivity contribution in [2.75, 3.05) is 11.9 Å². The Labute approximate surface area is 128 Å². The van der Waals surface area contributed by atoms with E-state index in [2.05, 4.69) is 5.32 Å². The normalized spacial score (nSPS) is 13.6. The molecular weight excluding hydrogens is 283 g/mol. The molecule has 0 saturated heterocycles. The van der Waals surface area contributed by atoms with E-state index in [0.717, 1.165) is 17.5 Å². The van der Waals surface area contributed by atoms with Gasteiger partial charge in [-0.25, -0.2) is 9.18 Å². The van der Waals surface area contributed by atoms with Gasteiger partial charge in [0, 0.05) is 18.8 Å². The van der Waals surface area contributed by atoms with Crippen molar-refractivity contribution in [1.29, 1.82) is 0 Å². The van der Waals surface area contributed by atoms with E-state index in [9.17, 15) is 14.3 Å². The zero-order valence-electron chi connectivity index (χ0n) is 12.3. The van der Waals surface area contributed by atoms with Crippen molar-refractivity contribution in [1.82, 2.24) is 4.90 Å². The molecule has 0 aromatic heterocycles. The van der Waals surface area contributed by atoms with Crippen LogP contribution < -0.4 is 5.32 Å². The fourth-order valence-electron chi connectivity index (χ4n) is 2.59. The summed E-state index contributed by atoms with van der Waals surface area (Å²) in [6.07, 6.45) is 0.741. The topological polar surface area (TPSA) is 52.6 Å². The van der Waals surface area contributed by atoms with E-state index in [1.165, 1.54) is 6.07 Å². The molecule has 0 aliphatic carbocycles. The van der Waals surface area contributed by atoms with Gasteiger partial charge in [-0.3, -0.25) is 0 Å². The highest BCUT2D eigenvalue weighted by Gasteiger charge is 2.21. The molecule has 4 nitrogen and oxygen atoms in total. The number of benzene rings is 2. The first-order valence-corrected chi connectivity index (χ1v) is 7.16. The summed E-state index contributed by atoms with van der Waals surface area (Å²) in [5.41, 5.74) is 3.06. The maximum Gasteiger partial charge on any atom is 0.322 e. The number of phenols is 1. The van der Waals surface area contributed by atoms with Gasteiger partial charge in [0.2, 0.25) is 0 Å². The summed E-state index contributed by atoms with van der Waals surface area (Å²) in [5.74, 6) is -0.145. The van der Waals surface area contributed by atoms with Crippen LogP contribution in [0.3, 0.4) is 0 Å². The van der Waals surface area contributed by atoms with Gasteiger partial charge in [0.25, 0.3) is 0 Å². The average Bonchev–Trinajstić information content (AvgIpc) is 2.50. The second-order valence-corrected chi connectivity index (χ2v) is 5.52. The molecule has 5 heteroatoms. The van der Waals surface area contributed by atoms with Crippen LogP contribution >= 0.6 is 0 Å². The van der Waals surface area contributed by atoms with E-state index in [0.29, 0.717) is 24.3 Å². The highest BCUT2D eigenvalue weighted by atomic mass is 19.1. The van der Waals surface area contributed by atoms with E-state index < -0.39 is 0 Å². The third kappa shape index (κ3) is 2.88. The minimum absolute atomic E-state index is 0.196. The summed E-state index contributed by atoms with van der Waals surface area (Å²) in [4.78, 5) is 13.9. The fraction of sp³-hybridized carbons (Fsp3) is 0.235. The lowest BCUT2D eigenvalue weighted by Crippen LogP contribution is -2.38. The first kappa shape index (κ1) is 14.4. The molecule has 2 aromatic rings. The van der Waals surface area contributed by atoms with E-state index >= 15 is 0 Å². The van der Waals surface area contributed by atoms with Crippen LogP contribution in [-0.4, -0.2) is 22.6 Å². The number of phenolic OH excluding ortho intramolecular Hbond substituents is 1. The van der Waals surface area contributed by atoms with Crippen molar-refractivity contribution >= 4 is 11.7 Å². The Morgan fingerprint density at radius 3 is 2.82 bits per heavy atom. The van der Waals surface area contributed by atoms with Gasteiger partial charge < -0.3 is 15.3 Å². The molecule has 0 saturated carbocycles. The van der Waals surface area contributed by atoms with Gasteiger partial charge in [-0.05, 0) is 54.3 Å². The third-order valence-electron chi connectivity index (χ3n) is 3.91. The quantitative estimate of drug-likeness (QED) is 0.847. The highest BCUT2D eigenvalue weighted by molar-refractivity contribution is 5.89. The van der Waals surface area contributed by atoms with Crippen LogP contribution in [0.15, 0.2) is 36.4 Å². The molecule has 22 heavy (non-hydrogen) atoms. The molecule has 2 amide bonds.